The summed E-state index contributed by atoms with van der Waals surface area (Å²) in [5, 5.41) is 7.81. The number of nitrogens with zero attached hydrogens (tertiary/aromatic N) is 2. The Bertz CT molecular complexity index is 740. The predicted molar refractivity (Wildman–Crippen MR) is 108 cm³/mol. The highest BCUT2D eigenvalue weighted by Crippen LogP contribution is 2.29. The second-order valence-corrected chi connectivity index (χ2v) is 5.60. The highest BCUT2D eigenvalue weighted by atomic mass is 16.6. The number of ether oxygens (including phenoxy) is 2. The monoisotopic (exact) mass is 374 g/mol. The number of allylic oxidation sites excluding steroid dienone is 1. The van der Waals surface area contributed by atoms with E-state index in [1.807, 2.05) is 58.9 Å². The Kier molecular flexibility index (Phi) is 9.72. The standard InChI is InChI=1S/C19H24N2O4.C2H6/c1-6-7-8-23-17-9-13(2)19(14(3)10-17)24-12-16-11-18(25-21-16)15(4)20-22-5;1-2/h6-7,9-11H,8,12H2,1-5H3;1-2H3/b7-6+,20-15?;. The van der Waals surface area contributed by atoms with Crippen molar-refractivity contribution in [1.29, 1.82) is 0 Å². The third-order valence-electron chi connectivity index (χ3n) is 3.52. The minimum absolute atomic E-state index is 0.310. The zero-order chi connectivity index (χ0) is 20.2. The molecule has 0 aliphatic heterocycles. The molecule has 27 heavy (non-hydrogen) atoms. The van der Waals surface area contributed by atoms with Crippen LogP contribution in [0.4, 0.5) is 0 Å². The number of benzene rings is 1. The molecule has 2 aromatic rings. The van der Waals surface area contributed by atoms with Crippen LogP contribution in [0.1, 0.15) is 50.3 Å². The third kappa shape index (κ3) is 6.81. The molecule has 1 heterocycles. The van der Waals surface area contributed by atoms with Gasteiger partial charge in [-0.15, -0.1) is 0 Å². The minimum atomic E-state index is 0.310. The van der Waals surface area contributed by atoms with Crippen molar-refractivity contribution in [2.75, 3.05) is 13.7 Å². The summed E-state index contributed by atoms with van der Waals surface area (Å²) in [7, 11) is 1.49. The maximum atomic E-state index is 5.92. The van der Waals surface area contributed by atoms with E-state index in [4.69, 9.17) is 18.8 Å². The van der Waals surface area contributed by atoms with E-state index in [2.05, 4.69) is 10.3 Å². The fourth-order valence-electron chi connectivity index (χ4n) is 2.34. The average Bonchev–Trinajstić information content (AvgIpc) is 3.12. The second kappa shape index (κ2) is 11.8. The largest absolute Gasteiger partial charge is 0.490 e. The Labute approximate surface area is 161 Å². The maximum Gasteiger partial charge on any atom is 0.184 e. The number of aryl methyl sites for hydroxylation is 2. The molecule has 0 atom stereocenters. The molecule has 6 heteroatoms. The van der Waals surface area contributed by atoms with Gasteiger partial charge in [-0.2, -0.15) is 0 Å². The highest BCUT2D eigenvalue weighted by molar-refractivity contribution is 5.95. The SMILES string of the molecule is C/C=C/COc1cc(C)c(OCc2cc(C(C)=NOC)on2)c(C)c1.CC. The van der Waals surface area contributed by atoms with Gasteiger partial charge < -0.3 is 18.8 Å². The van der Waals surface area contributed by atoms with E-state index in [9.17, 15) is 0 Å². The van der Waals surface area contributed by atoms with Gasteiger partial charge in [-0.05, 0) is 51.0 Å². The lowest BCUT2D eigenvalue weighted by molar-refractivity contribution is 0.212. The first-order valence-electron chi connectivity index (χ1n) is 9.06. The molecular weight excluding hydrogens is 344 g/mol. The lowest BCUT2D eigenvalue weighted by Gasteiger charge is -2.13. The Morgan fingerprint density at radius 1 is 1.15 bits per heavy atom. The van der Waals surface area contributed by atoms with Crippen molar-refractivity contribution in [1.82, 2.24) is 5.16 Å². The first-order valence-corrected chi connectivity index (χ1v) is 9.06. The van der Waals surface area contributed by atoms with Crippen LogP contribution in [0, 0.1) is 13.8 Å². The first-order chi connectivity index (χ1) is 13.0. The first kappa shape index (κ1) is 22.3. The maximum absolute atomic E-state index is 5.92. The molecule has 0 bridgehead atoms. The van der Waals surface area contributed by atoms with E-state index in [-0.39, 0.29) is 0 Å². The Morgan fingerprint density at radius 2 is 1.81 bits per heavy atom. The van der Waals surface area contributed by atoms with Gasteiger partial charge in [-0.1, -0.05) is 36.3 Å². The van der Waals surface area contributed by atoms with Crippen LogP contribution in [-0.4, -0.2) is 24.6 Å². The molecule has 0 aliphatic rings. The van der Waals surface area contributed by atoms with Gasteiger partial charge in [0.1, 0.15) is 43.2 Å². The van der Waals surface area contributed by atoms with Crippen molar-refractivity contribution >= 4 is 5.71 Å². The quantitative estimate of drug-likeness (QED) is 0.360. The van der Waals surface area contributed by atoms with Crippen molar-refractivity contribution in [2.45, 2.75) is 48.1 Å². The van der Waals surface area contributed by atoms with Crippen LogP contribution in [-0.2, 0) is 11.4 Å². The summed E-state index contributed by atoms with van der Waals surface area (Å²) >= 11 is 0. The molecule has 0 saturated heterocycles. The summed E-state index contributed by atoms with van der Waals surface area (Å²) in [6.07, 6.45) is 3.93. The smallest absolute Gasteiger partial charge is 0.184 e. The average molecular weight is 374 g/mol. The zero-order valence-electron chi connectivity index (χ0n) is 17.3. The zero-order valence-corrected chi connectivity index (χ0v) is 17.3. The van der Waals surface area contributed by atoms with Gasteiger partial charge in [0.25, 0.3) is 0 Å². The Hall–Kier alpha value is -2.76. The Morgan fingerprint density at radius 3 is 2.41 bits per heavy atom. The lowest BCUT2D eigenvalue weighted by atomic mass is 10.1. The van der Waals surface area contributed by atoms with Gasteiger partial charge in [-0.3, -0.25) is 0 Å². The normalized spacial score (nSPS) is 11.1. The van der Waals surface area contributed by atoms with E-state index in [1.165, 1.54) is 7.11 Å². The molecule has 0 aliphatic carbocycles. The number of oxime groups is 1. The minimum Gasteiger partial charge on any atom is -0.490 e. The molecule has 1 aromatic heterocycles. The van der Waals surface area contributed by atoms with Gasteiger partial charge in [0.05, 0.1) is 0 Å². The van der Waals surface area contributed by atoms with Crippen molar-refractivity contribution < 1.29 is 18.8 Å². The van der Waals surface area contributed by atoms with Crippen molar-refractivity contribution in [3.05, 3.63) is 52.9 Å². The molecule has 0 fully saturated rings. The van der Waals surface area contributed by atoms with E-state index >= 15 is 0 Å². The van der Waals surface area contributed by atoms with E-state index in [0.29, 0.717) is 30.4 Å². The number of hydrogen-bond donors (Lipinski definition) is 0. The van der Waals surface area contributed by atoms with Crippen LogP contribution in [0.15, 0.2) is 40.0 Å². The molecule has 148 valence electrons. The van der Waals surface area contributed by atoms with Crippen LogP contribution in [0.25, 0.3) is 0 Å². The second-order valence-electron chi connectivity index (χ2n) is 5.60. The summed E-state index contributed by atoms with van der Waals surface area (Å²) in [5.74, 6) is 2.21. The van der Waals surface area contributed by atoms with Crippen molar-refractivity contribution in [3.8, 4) is 11.5 Å². The van der Waals surface area contributed by atoms with E-state index in [1.54, 1.807) is 13.0 Å². The molecule has 0 unspecified atom stereocenters. The molecule has 0 N–H and O–H groups in total. The fraction of sp³-hybridized carbons (Fsp3) is 0.429. The summed E-state index contributed by atoms with van der Waals surface area (Å²) in [4.78, 5) is 4.73. The summed E-state index contributed by atoms with van der Waals surface area (Å²) < 4.78 is 16.8. The van der Waals surface area contributed by atoms with Crippen LogP contribution < -0.4 is 9.47 Å². The molecule has 0 amide bonds. The number of hydrogen-bond acceptors (Lipinski definition) is 6. The van der Waals surface area contributed by atoms with Crippen LogP contribution in [0.2, 0.25) is 0 Å². The lowest BCUT2D eigenvalue weighted by Crippen LogP contribution is -2.01. The summed E-state index contributed by atoms with van der Waals surface area (Å²) in [6, 6.07) is 5.72. The van der Waals surface area contributed by atoms with Gasteiger partial charge >= 0.3 is 0 Å². The molecule has 1 aromatic carbocycles. The molecule has 0 spiro atoms. The van der Waals surface area contributed by atoms with Crippen molar-refractivity contribution in [2.24, 2.45) is 5.16 Å². The fourth-order valence-corrected chi connectivity index (χ4v) is 2.34. The van der Waals surface area contributed by atoms with Crippen LogP contribution in [0.5, 0.6) is 11.5 Å². The van der Waals surface area contributed by atoms with Crippen LogP contribution >= 0.6 is 0 Å². The van der Waals surface area contributed by atoms with Crippen LogP contribution in [0.3, 0.4) is 0 Å². The number of aromatic nitrogens is 1. The van der Waals surface area contributed by atoms with Gasteiger partial charge in [0, 0.05) is 6.07 Å². The highest BCUT2D eigenvalue weighted by Gasteiger charge is 2.11. The molecular formula is C21H30N2O4. The molecule has 0 saturated carbocycles. The molecule has 0 radical (unpaired) electrons. The van der Waals surface area contributed by atoms with Gasteiger partial charge in [-0.25, -0.2) is 0 Å². The Balaban J connectivity index is 0.00000176. The van der Waals surface area contributed by atoms with E-state index in [0.717, 1.165) is 22.6 Å². The summed E-state index contributed by atoms with van der Waals surface area (Å²) in [6.45, 7) is 12.6. The summed E-state index contributed by atoms with van der Waals surface area (Å²) in [5.41, 5.74) is 3.33. The third-order valence-corrected chi connectivity index (χ3v) is 3.52. The van der Waals surface area contributed by atoms with Gasteiger partial charge in [0.15, 0.2) is 5.76 Å². The van der Waals surface area contributed by atoms with Crippen molar-refractivity contribution in [3.63, 3.8) is 0 Å². The molecule has 6 nitrogen and oxygen atoms in total. The topological polar surface area (TPSA) is 66.1 Å². The number of rotatable bonds is 8. The van der Waals surface area contributed by atoms with Gasteiger partial charge in [0.2, 0.25) is 0 Å². The predicted octanol–water partition coefficient (Wildman–Crippen LogP) is 5.22. The molecule has 2 rings (SSSR count). The van der Waals surface area contributed by atoms with E-state index < -0.39 is 0 Å².